The van der Waals surface area contributed by atoms with E-state index in [1.54, 1.807) is 11.3 Å². The van der Waals surface area contributed by atoms with E-state index in [-0.39, 0.29) is 6.04 Å². The van der Waals surface area contributed by atoms with E-state index < -0.39 is 11.8 Å². The highest BCUT2D eigenvalue weighted by Crippen LogP contribution is 2.25. The molecule has 1 aliphatic heterocycles. The van der Waals surface area contributed by atoms with Gasteiger partial charge in [0.15, 0.2) is 0 Å². The van der Waals surface area contributed by atoms with Gasteiger partial charge in [0.25, 0.3) is 0 Å². The molecular formula is C23H31N3O2S. The second kappa shape index (κ2) is 10.6. The normalized spacial score (nSPS) is 16.1. The first-order chi connectivity index (χ1) is 14.1. The second-order valence-electron chi connectivity index (χ2n) is 7.65. The molecule has 1 atom stereocenters. The average molecular weight is 414 g/mol. The minimum atomic E-state index is -0.603. The number of hydrogen-bond donors (Lipinski definition) is 2. The van der Waals surface area contributed by atoms with Crippen molar-refractivity contribution in [1.82, 2.24) is 10.2 Å². The van der Waals surface area contributed by atoms with Crippen molar-refractivity contribution in [1.29, 1.82) is 0 Å². The maximum atomic E-state index is 12.5. The third kappa shape index (κ3) is 5.67. The molecule has 1 aliphatic rings. The fourth-order valence-electron chi connectivity index (χ4n) is 3.97. The van der Waals surface area contributed by atoms with Gasteiger partial charge in [0.1, 0.15) is 0 Å². The number of para-hydroxylation sites is 1. The lowest BCUT2D eigenvalue weighted by atomic mass is 10.1. The number of anilines is 1. The Hall–Kier alpha value is -2.18. The van der Waals surface area contributed by atoms with E-state index in [1.165, 1.54) is 31.2 Å². The van der Waals surface area contributed by atoms with Crippen LogP contribution in [0.1, 0.15) is 55.3 Å². The summed E-state index contributed by atoms with van der Waals surface area (Å²) in [5.74, 6) is -1.18. The van der Waals surface area contributed by atoms with Crippen LogP contribution < -0.4 is 10.6 Å². The predicted molar refractivity (Wildman–Crippen MR) is 119 cm³/mol. The smallest absolute Gasteiger partial charge is 0.313 e. The molecule has 156 valence electrons. The number of rotatable bonds is 6. The summed E-state index contributed by atoms with van der Waals surface area (Å²) >= 11 is 1.67. The Bertz CT molecular complexity index is 812. The van der Waals surface area contributed by atoms with Crippen LogP contribution >= 0.6 is 11.3 Å². The molecule has 6 heteroatoms. The minimum Gasteiger partial charge on any atom is -0.346 e. The fraction of sp³-hybridized carbons (Fsp3) is 0.478. The van der Waals surface area contributed by atoms with Crippen LogP contribution in [0.2, 0.25) is 0 Å². The van der Waals surface area contributed by atoms with Crippen molar-refractivity contribution in [3.05, 3.63) is 51.7 Å². The van der Waals surface area contributed by atoms with Gasteiger partial charge in [-0.15, -0.1) is 0 Å². The van der Waals surface area contributed by atoms with Crippen LogP contribution in [0.25, 0.3) is 0 Å². The SMILES string of the molecule is CCc1cccc(C)c1NC(=O)C(=O)NCC(c1ccsc1)N1CCCCCC1. The lowest BCUT2D eigenvalue weighted by Crippen LogP contribution is -2.42. The van der Waals surface area contributed by atoms with E-state index >= 15 is 0 Å². The standard InChI is InChI=1S/C23H31N3O2S/c1-3-18-10-8-9-17(2)21(18)25-23(28)22(27)24-15-20(19-11-14-29-16-19)26-12-6-4-5-7-13-26/h8-11,14,16,20H,3-7,12-13,15H2,1-2H3,(H,24,27)(H,25,28). The van der Waals surface area contributed by atoms with Gasteiger partial charge in [0, 0.05) is 12.2 Å². The largest absolute Gasteiger partial charge is 0.346 e. The quantitative estimate of drug-likeness (QED) is 0.695. The van der Waals surface area contributed by atoms with Gasteiger partial charge in [-0.2, -0.15) is 11.3 Å². The highest BCUT2D eigenvalue weighted by atomic mass is 32.1. The van der Waals surface area contributed by atoms with Gasteiger partial charge in [0.2, 0.25) is 0 Å². The van der Waals surface area contributed by atoms with Gasteiger partial charge in [-0.3, -0.25) is 14.5 Å². The van der Waals surface area contributed by atoms with Crippen LogP contribution in [0.15, 0.2) is 35.0 Å². The molecule has 3 rings (SSSR count). The van der Waals surface area contributed by atoms with Crippen LogP contribution in [-0.2, 0) is 16.0 Å². The summed E-state index contributed by atoms with van der Waals surface area (Å²) in [4.78, 5) is 27.5. The second-order valence-corrected chi connectivity index (χ2v) is 8.43. The van der Waals surface area contributed by atoms with Gasteiger partial charge in [0.05, 0.1) is 6.04 Å². The van der Waals surface area contributed by atoms with Gasteiger partial charge in [-0.25, -0.2) is 0 Å². The Morgan fingerprint density at radius 1 is 1.10 bits per heavy atom. The van der Waals surface area contributed by atoms with Crippen molar-refractivity contribution >= 4 is 28.8 Å². The first-order valence-electron chi connectivity index (χ1n) is 10.5. The number of nitrogens with zero attached hydrogens (tertiary/aromatic N) is 1. The highest BCUT2D eigenvalue weighted by Gasteiger charge is 2.24. The molecule has 2 aromatic rings. The molecule has 0 bridgehead atoms. The molecule has 0 aliphatic carbocycles. The lowest BCUT2D eigenvalue weighted by molar-refractivity contribution is -0.136. The third-order valence-electron chi connectivity index (χ3n) is 5.65. The van der Waals surface area contributed by atoms with Gasteiger partial charge < -0.3 is 10.6 Å². The van der Waals surface area contributed by atoms with E-state index in [2.05, 4.69) is 32.4 Å². The van der Waals surface area contributed by atoms with E-state index in [0.29, 0.717) is 6.54 Å². The summed E-state index contributed by atoms with van der Waals surface area (Å²) in [7, 11) is 0. The molecule has 5 nitrogen and oxygen atoms in total. The zero-order chi connectivity index (χ0) is 20.6. The Morgan fingerprint density at radius 2 is 1.86 bits per heavy atom. The van der Waals surface area contributed by atoms with Crippen LogP contribution in [0.5, 0.6) is 0 Å². The molecule has 2 amide bonds. The molecule has 0 radical (unpaired) electrons. The van der Waals surface area contributed by atoms with Crippen LogP contribution in [0, 0.1) is 6.92 Å². The molecule has 1 fully saturated rings. The van der Waals surface area contributed by atoms with Crippen molar-refractivity contribution in [3.63, 3.8) is 0 Å². The van der Waals surface area contributed by atoms with Gasteiger partial charge in [-0.05, 0) is 72.8 Å². The number of amides is 2. The van der Waals surface area contributed by atoms with Crippen LogP contribution in [0.3, 0.4) is 0 Å². The number of nitrogens with one attached hydrogen (secondary N) is 2. The zero-order valence-electron chi connectivity index (χ0n) is 17.4. The molecular weight excluding hydrogens is 382 g/mol. The van der Waals surface area contributed by atoms with E-state index in [1.807, 2.05) is 32.0 Å². The van der Waals surface area contributed by atoms with Crippen molar-refractivity contribution in [2.45, 2.75) is 52.0 Å². The van der Waals surface area contributed by atoms with Crippen LogP contribution in [-0.4, -0.2) is 36.3 Å². The summed E-state index contributed by atoms with van der Waals surface area (Å²) in [5.41, 5.74) is 3.96. The Balaban J connectivity index is 1.64. The molecule has 2 heterocycles. The molecule has 1 saturated heterocycles. The van der Waals surface area contributed by atoms with Crippen molar-refractivity contribution < 1.29 is 9.59 Å². The topological polar surface area (TPSA) is 61.4 Å². The predicted octanol–water partition coefficient (Wildman–Crippen LogP) is 4.29. The molecule has 1 aromatic carbocycles. The zero-order valence-corrected chi connectivity index (χ0v) is 18.2. The van der Waals surface area contributed by atoms with Gasteiger partial charge >= 0.3 is 11.8 Å². The summed E-state index contributed by atoms with van der Waals surface area (Å²) < 4.78 is 0. The van der Waals surface area contributed by atoms with Crippen LogP contribution in [0.4, 0.5) is 5.69 Å². The first kappa shape index (κ1) is 21.5. The third-order valence-corrected chi connectivity index (χ3v) is 6.35. The van der Waals surface area contributed by atoms with E-state index in [4.69, 9.17) is 0 Å². The molecule has 0 saturated carbocycles. The molecule has 1 unspecified atom stereocenters. The summed E-state index contributed by atoms with van der Waals surface area (Å²) in [6.45, 7) is 6.49. The molecule has 1 aromatic heterocycles. The lowest BCUT2D eigenvalue weighted by Gasteiger charge is -2.30. The summed E-state index contributed by atoms with van der Waals surface area (Å²) in [5, 5.41) is 9.90. The maximum absolute atomic E-state index is 12.5. The average Bonchev–Trinajstić information content (AvgIpc) is 3.12. The minimum absolute atomic E-state index is 0.112. The van der Waals surface area contributed by atoms with Gasteiger partial charge in [-0.1, -0.05) is 38.0 Å². The van der Waals surface area contributed by atoms with Crippen molar-refractivity contribution in [2.75, 3.05) is 25.0 Å². The number of hydrogen-bond acceptors (Lipinski definition) is 4. The number of thiophene rings is 1. The summed E-state index contributed by atoms with van der Waals surface area (Å²) in [6.07, 6.45) is 5.69. The number of carbonyl (C=O) groups is 2. The monoisotopic (exact) mass is 413 g/mol. The Kier molecular flexibility index (Phi) is 7.83. The Labute approximate surface area is 177 Å². The van der Waals surface area contributed by atoms with Crippen molar-refractivity contribution in [3.8, 4) is 0 Å². The Morgan fingerprint density at radius 3 is 2.52 bits per heavy atom. The molecule has 2 N–H and O–H groups in total. The number of benzene rings is 1. The van der Waals surface area contributed by atoms with E-state index in [9.17, 15) is 9.59 Å². The maximum Gasteiger partial charge on any atom is 0.313 e. The fourth-order valence-corrected chi connectivity index (χ4v) is 4.68. The molecule has 29 heavy (non-hydrogen) atoms. The number of aryl methyl sites for hydroxylation is 2. The summed E-state index contributed by atoms with van der Waals surface area (Å²) in [6, 6.07) is 8.12. The highest BCUT2D eigenvalue weighted by molar-refractivity contribution is 7.08. The van der Waals surface area contributed by atoms with E-state index in [0.717, 1.165) is 36.3 Å². The van der Waals surface area contributed by atoms with Crippen molar-refractivity contribution in [2.24, 2.45) is 0 Å². The first-order valence-corrected chi connectivity index (χ1v) is 11.5. The number of carbonyl (C=O) groups excluding carboxylic acids is 2. The number of likely N-dealkylation sites (tertiary alicyclic amines) is 1. The molecule has 0 spiro atoms.